The van der Waals surface area contributed by atoms with E-state index in [1.165, 1.54) is 12.1 Å². The van der Waals surface area contributed by atoms with Gasteiger partial charge in [-0.3, -0.25) is 4.98 Å². The predicted molar refractivity (Wildman–Crippen MR) is 132 cm³/mol. The summed E-state index contributed by atoms with van der Waals surface area (Å²) >= 11 is 0. The Hall–Kier alpha value is -2.93. The summed E-state index contributed by atoms with van der Waals surface area (Å²) in [6, 6.07) is 19.6. The number of rotatable bonds is 5. The van der Waals surface area contributed by atoms with Crippen molar-refractivity contribution in [3.05, 3.63) is 78.7 Å². The SMILES string of the molecule is Cc1ccc(P(=Nc2ccc(S(N)(=O)=O)cc2)(Oc2cccc3cccnc23)C(C)(C)C)o1. The Labute approximate surface area is 193 Å². The first-order chi connectivity index (χ1) is 15.5. The normalized spacial score (nSPS) is 14.1. The molecule has 0 saturated carbocycles. The Morgan fingerprint density at radius 2 is 1.70 bits per heavy atom. The van der Waals surface area contributed by atoms with Crippen LogP contribution in [0.2, 0.25) is 0 Å². The molecule has 1 unspecified atom stereocenters. The molecule has 4 rings (SSSR count). The number of pyridine rings is 1. The van der Waals surface area contributed by atoms with Gasteiger partial charge in [-0.15, -0.1) is 0 Å². The average Bonchev–Trinajstić information content (AvgIpc) is 3.19. The highest BCUT2D eigenvalue weighted by Crippen LogP contribution is 2.62. The molecule has 0 spiro atoms. The Morgan fingerprint density at radius 3 is 2.30 bits per heavy atom. The summed E-state index contributed by atoms with van der Waals surface area (Å²) in [7, 11) is -6.68. The zero-order chi connectivity index (χ0) is 23.9. The summed E-state index contributed by atoms with van der Waals surface area (Å²) in [5.41, 5.74) is 1.93. The molecule has 33 heavy (non-hydrogen) atoms. The molecule has 7 nitrogen and oxygen atoms in total. The molecule has 2 aromatic heterocycles. The number of primary sulfonamides is 1. The maximum absolute atomic E-state index is 11.7. The van der Waals surface area contributed by atoms with E-state index >= 15 is 0 Å². The van der Waals surface area contributed by atoms with Crippen LogP contribution < -0.4 is 15.2 Å². The fourth-order valence-electron chi connectivity index (χ4n) is 3.47. The number of benzene rings is 2. The third kappa shape index (κ3) is 4.60. The summed E-state index contributed by atoms with van der Waals surface area (Å²) in [5, 5.41) is 5.74. The van der Waals surface area contributed by atoms with Gasteiger partial charge in [0.2, 0.25) is 17.3 Å². The van der Waals surface area contributed by atoms with Gasteiger partial charge >= 0.3 is 0 Å². The van der Waals surface area contributed by atoms with Gasteiger partial charge in [0, 0.05) is 16.7 Å². The zero-order valence-electron chi connectivity index (χ0n) is 18.9. The van der Waals surface area contributed by atoms with Crippen LogP contribution in [-0.2, 0) is 10.0 Å². The molecule has 4 aromatic rings. The zero-order valence-corrected chi connectivity index (χ0v) is 20.6. The van der Waals surface area contributed by atoms with Crippen molar-refractivity contribution in [1.82, 2.24) is 4.98 Å². The van der Waals surface area contributed by atoms with Crippen LogP contribution in [0.25, 0.3) is 10.9 Å². The van der Waals surface area contributed by atoms with Gasteiger partial charge in [0.05, 0.1) is 10.6 Å². The van der Waals surface area contributed by atoms with Crippen LogP contribution in [0.3, 0.4) is 0 Å². The van der Waals surface area contributed by atoms with Gasteiger partial charge in [-0.1, -0.05) is 39.0 Å². The number of nitrogens with two attached hydrogens (primary N) is 1. The van der Waals surface area contributed by atoms with Crippen molar-refractivity contribution in [2.24, 2.45) is 9.88 Å². The minimum absolute atomic E-state index is 0.0224. The van der Waals surface area contributed by atoms with Crippen LogP contribution in [0.1, 0.15) is 26.5 Å². The van der Waals surface area contributed by atoms with Crippen molar-refractivity contribution in [3.8, 4) is 5.75 Å². The van der Waals surface area contributed by atoms with Crippen LogP contribution in [0.15, 0.2) is 87.0 Å². The highest BCUT2D eigenvalue weighted by molar-refractivity contribution is 7.89. The van der Waals surface area contributed by atoms with Crippen molar-refractivity contribution < 1.29 is 17.4 Å². The lowest BCUT2D eigenvalue weighted by Crippen LogP contribution is -2.26. The number of hydrogen-bond donors (Lipinski definition) is 1. The number of sulfonamides is 1. The van der Waals surface area contributed by atoms with Gasteiger partial charge in [0.1, 0.15) is 11.3 Å². The lowest BCUT2D eigenvalue weighted by Gasteiger charge is -2.35. The van der Waals surface area contributed by atoms with E-state index in [4.69, 9.17) is 18.8 Å². The fraction of sp³-hybridized carbons (Fsp3) is 0.208. The predicted octanol–water partition coefficient (Wildman–Crippen LogP) is 5.73. The van der Waals surface area contributed by atoms with Crippen molar-refractivity contribution >= 4 is 39.4 Å². The van der Waals surface area contributed by atoms with E-state index in [1.54, 1.807) is 18.3 Å². The molecular weight excluding hydrogens is 457 g/mol. The maximum atomic E-state index is 11.7. The van der Waals surface area contributed by atoms with E-state index in [0.717, 1.165) is 16.7 Å². The minimum Gasteiger partial charge on any atom is -0.457 e. The Kier molecular flexibility index (Phi) is 5.95. The molecule has 0 aliphatic rings. The van der Waals surface area contributed by atoms with Crippen molar-refractivity contribution in [2.45, 2.75) is 37.7 Å². The molecule has 0 amide bonds. The third-order valence-electron chi connectivity index (χ3n) is 5.18. The minimum atomic E-state index is -3.80. The molecule has 0 fully saturated rings. The number of hydrogen-bond acceptors (Lipinski definition) is 6. The number of fused-ring (bicyclic) bond motifs is 1. The molecule has 1 atom stereocenters. The monoisotopic (exact) mass is 483 g/mol. The van der Waals surface area contributed by atoms with Crippen LogP contribution in [0, 0.1) is 6.92 Å². The lowest BCUT2D eigenvalue weighted by molar-refractivity contribution is 0.528. The molecule has 0 saturated heterocycles. The second-order valence-electron chi connectivity index (χ2n) is 8.69. The van der Waals surface area contributed by atoms with Crippen LogP contribution in [0.5, 0.6) is 5.75 Å². The first-order valence-corrected chi connectivity index (χ1v) is 13.6. The van der Waals surface area contributed by atoms with Gasteiger partial charge in [0.25, 0.3) is 0 Å². The molecule has 0 bridgehead atoms. The van der Waals surface area contributed by atoms with Gasteiger partial charge in [-0.25, -0.2) is 18.3 Å². The Balaban J connectivity index is 1.98. The molecule has 9 heteroatoms. The standard InChI is InChI=1S/C24H26N3O4PS/c1-17-10-15-22(30-17)32(24(2,3)4,27-19-11-13-20(14-12-19)33(25,28)29)31-21-9-5-7-18-8-6-16-26-23(18)21/h5-16H,1-4H3,(H2,25,28,29). The van der Waals surface area contributed by atoms with E-state index in [-0.39, 0.29) is 4.90 Å². The van der Waals surface area contributed by atoms with Crippen molar-refractivity contribution in [1.29, 1.82) is 0 Å². The maximum Gasteiger partial charge on any atom is 0.238 e. The summed E-state index contributed by atoms with van der Waals surface area (Å²) in [4.78, 5) is 4.55. The fourth-order valence-corrected chi connectivity index (χ4v) is 6.89. The average molecular weight is 484 g/mol. The van der Waals surface area contributed by atoms with E-state index in [0.29, 0.717) is 16.9 Å². The molecule has 2 heterocycles. The summed E-state index contributed by atoms with van der Waals surface area (Å²) in [5.74, 6) is 1.35. The third-order valence-corrected chi connectivity index (χ3v) is 9.74. The molecule has 172 valence electrons. The highest BCUT2D eigenvalue weighted by atomic mass is 32.2. The summed E-state index contributed by atoms with van der Waals surface area (Å²) in [6.07, 6.45) is 1.73. The highest BCUT2D eigenvalue weighted by Gasteiger charge is 2.42. The number of nitrogens with zero attached hydrogens (tertiary/aromatic N) is 2. The largest absolute Gasteiger partial charge is 0.457 e. The number of aryl methyl sites for hydroxylation is 1. The van der Waals surface area contributed by atoms with Crippen LogP contribution in [-0.4, -0.2) is 18.6 Å². The Bertz CT molecular complexity index is 1460. The second kappa shape index (κ2) is 8.45. The van der Waals surface area contributed by atoms with E-state index in [1.807, 2.05) is 49.4 Å². The van der Waals surface area contributed by atoms with Gasteiger partial charge in [-0.05, 0) is 55.5 Å². The molecular formula is C24H26N3O4PS. The van der Waals surface area contributed by atoms with E-state index < -0.39 is 22.5 Å². The van der Waals surface area contributed by atoms with Crippen molar-refractivity contribution in [2.75, 3.05) is 0 Å². The smallest absolute Gasteiger partial charge is 0.238 e. The summed E-state index contributed by atoms with van der Waals surface area (Å²) < 4.78 is 41.4. The number of para-hydroxylation sites is 1. The summed E-state index contributed by atoms with van der Waals surface area (Å²) in [6.45, 7) is 8.04. The molecule has 0 radical (unpaired) electrons. The van der Waals surface area contributed by atoms with Gasteiger partial charge < -0.3 is 8.94 Å². The first-order valence-electron chi connectivity index (χ1n) is 10.4. The Morgan fingerprint density at radius 1 is 1.00 bits per heavy atom. The van der Waals surface area contributed by atoms with Crippen molar-refractivity contribution in [3.63, 3.8) is 0 Å². The van der Waals surface area contributed by atoms with E-state index in [9.17, 15) is 8.42 Å². The van der Waals surface area contributed by atoms with E-state index in [2.05, 4.69) is 25.8 Å². The topological polar surface area (TPSA) is 108 Å². The first kappa shape index (κ1) is 23.2. The van der Waals surface area contributed by atoms with Gasteiger partial charge in [-0.2, -0.15) is 0 Å². The van der Waals surface area contributed by atoms with Crippen LogP contribution >= 0.6 is 7.28 Å². The lowest BCUT2D eigenvalue weighted by atomic mass is 10.2. The molecule has 0 aliphatic heterocycles. The second-order valence-corrected chi connectivity index (χ2v) is 13.6. The molecule has 0 aliphatic carbocycles. The van der Waals surface area contributed by atoms with Gasteiger partial charge in [0.15, 0.2) is 11.3 Å². The van der Waals surface area contributed by atoms with Crippen LogP contribution in [0.4, 0.5) is 5.69 Å². The quantitative estimate of drug-likeness (QED) is 0.365. The number of furan rings is 1. The molecule has 2 N–H and O–H groups in total. The molecule has 2 aromatic carbocycles. The number of aromatic nitrogens is 1.